The van der Waals surface area contributed by atoms with E-state index >= 15 is 0 Å². The number of nitrogens with one attached hydrogen (secondary N) is 1. The van der Waals surface area contributed by atoms with E-state index in [-0.39, 0.29) is 0 Å². The van der Waals surface area contributed by atoms with E-state index in [0.29, 0.717) is 18.0 Å². The first kappa shape index (κ1) is 14.5. The van der Waals surface area contributed by atoms with Gasteiger partial charge in [0, 0.05) is 36.9 Å². The fourth-order valence-electron chi connectivity index (χ4n) is 3.30. The van der Waals surface area contributed by atoms with Gasteiger partial charge in [0.15, 0.2) is 0 Å². The summed E-state index contributed by atoms with van der Waals surface area (Å²) in [5.74, 6) is 0.689. The summed E-state index contributed by atoms with van der Waals surface area (Å²) < 4.78 is 2.02. The average Bonchev–Trinajstić information content (AvgIpc) is 2.79. The van der Waals surface area contributed by atoms with Crippen molar-refractivity contribution in [2.45, 2.75) is 46.2 Å². The molecule has 2 rings (SSSR count). The lowest BCUT2D eigenvalue weighted by atomic mass is 9.92. The van der Waals surface area contributed by atoms with Crippen molar-refractivity contribution >= 4 is 0 Å². The Morgan fingerprint density at radius 3 is 2.53 bits per heavy atom. The van der Waals surface area contributed by atoms with E-state index in [9.17, 15) is 0 Å². The lowest BCUT2D eigenvalue weighted by molar-refractivity contribution is 0.267. The maximum absolute atomic E-state index is 4.59. The highest BCUT2D eigenvalue weighted by Gasteiger charge is 2.35. The molecule has 0 aromatic carbocycles. The molecule has 19 heavy (non-hydrogen) atoms. The van der Waals surface area contributed by atoms with Gasteiger partial charge in [-0.25, -0.2) is 0 Å². The first-order chi connectivity index (χ1) is 8.91. The smallest absolute Gasteiger partial charge is 0.0644 e. The van der Waals surface area contributed by atoms with Gasteiger partial charge >= 0.3 is 0 Å². The predicted octanol–water partition coefficient (Wildman–Crippen LogP) is 2.03. The lowest BCUT2D eigenvalue weighted by Gasteiger charge is -2.26. The molecule has 4 nitrogen and oxygen atoms in total. The van der Waals surface area contributed by atoms with Gasteiger partial charge in [-0.1, -0.05) is 13.8 Å². The zero-order valence-corrected chi connectivity index (χ0v) is 13.2. The topological polar surface area (TPSA) is 33.1 Å². The fourth-order valence-corrected chi connectivity index (χ4v) is 3.30. The molecule has 0 amide bonds. The molecule has 0 spiro atoms. The third-order valence-electron chi connectivity index (χ3n) is 4.42. The highest BCUT2D eigenvalue weighted by Crippen LogP contribution is 2.38. The number of nitrogens with zero attached hydrogens (tertiary/aromatic N) is 3. The van der Waals surface area contributed by atoms with Crippen LogP contribution in [0.15, 0.2) is 0 Å². The lowest BCUT2D eigenvalue weighted by Crippen LogP contribution is -2.32. The van der Waals surface area contributed by atoms with Crippen LogP contribution in [-0.4, -0.2) is 40.9 Å². The highest BCUT2D eigenvalue weighted by molar-refractivity contribution is 5.30. The molecule has 1 aliphatic heterocycles. The van der Waals surface area contributed by atoms with Gasteiger partial charge in [-0.2, -0.15) is 5.10 Å². The average molecular weight is 264 g/mol. The van der Waals surface area contributed by atoms with E-state index in [2.05, 4.69) is 50.1 Å². The van der Waals surface area contributed by atoms with Gasteiger partial charge in [0.2, 0.25) is 0 Å². The molecule has 0 aliphatic carbocycles. The Bertz CT molecular complexity index is 436. The van der Waals surface area contributed by atoms with Crippen molar-refractivity contribution in [3.05, 3.63) is 17.0 Å². The minimum atomic E-state index is 0.514. The van der Waals surface area contributed by atoms with E-state index in [1.165, 1.54) is 29.9 Å². The van der Waals surface area contributed by atoms with Crippen LogP contribution in [0.5, 0.6) is 0 Å². The Kier molecular flexibility index (Phi) is 4.31. The van der Waals surface area contributed by atoms with Crippen LogP contribution in [0, 0.1) is 19.8 Å². The second kappa shape index (κ2) is 5.63. The van der Waals surface area contributed by atoms with Crippen LogP contribution < -0.4 is 5.32 Å². The molecule has 0 radical (unpaired) electrons. The van der Waals surface area contributed by atoms with Crippen LogP contribution >= 0.6 is 0 Å². The summed E-state index contributed by atoms with van der Waals surface area (Å²) in [7, 11) is 4.29. The summed E-state index contributed by atoms with van der Waals surface area (Å²) in [5, 5.41) is 8.19. The molecule has 1 aromatic rings. The zero-order chi connectivity index (χ0) is 14.2. The number of hydrogen-bond donors (Lipinski definition) is 1. The second-order valence-corrected chi connectivity index (χ2v) is 6.25. The molecule has 108 valence electrons. The monoisotopic (exact) mass is 264 g/mol. The van der Waals surface area contributed by atoms with E-state index in [4.69, 9.17) is 0 Å². The van der Waals surface area contributed by atoms with Crippen molar-refractivity contribution in [2.24, 2.45) is 13.0 Å². The Balaban J connectivity index is 2.23. The summed E-state index contributed by atoms with van der Waals surface area (Å²) in [5.41, 5.74) is 3.94. The van der Waals surface area contributed by atoms with Gasteiger partial charge in [0.05, 0.1) is 5.69 Å². The number of aryl methyl sites for hydroxylation is 2. The molecule has 2 heterocycles. The number of rotatable bonds is 4. The fraction of sp³-hybridized carbons (Fsp3) is 0.800. The van der Waals surface area contributed by atoms with Crippen LogP contribution in [0.25, 0.3) is 0 Å². The maximum atomic E-state index is 4.59. The summed E-state index contributed by atoms with van der Waals surface area (Å²) >= 11 is 0. The molecule has 0 bridgehead atoms. The van der Waals surface area contributed by atoms with Crippen molar-refractivity contribution in [1.29, 1.82) is 0 Å². The van der Waals surface area contributed by atoms with Crippen molar-refractivity contribution in [3.63, 3.8) is 0 Å². The van der Waals surface area contributed by atoms with Crippen LogP contribution in [0.3, 0.4) is 0 Å². The van der Waals surface area contributed by atoms with Crippen LogP contribution in [-0.2, 0) is 7.05 Å². The van der Waals surface area contributed by atoms with Crippen molar-refractivity contribution in [3.8, 4) is 0 Å². The molecular formula is C15H28N4. The predicted molar refractivity (Wildman–Crippen MR) is 79.3 cm³/mol. The van der Waals surface area contributed by atoms with E-state index in [1.54, 1.807) is 0 Å². The van der Waals surface area contributed by atoms with Gasteiger partial charge in [0.25, 0.3) is 0 Å². The summed E-state index contributed by atoms with van der Waals surface area (Å²) in [6.07, 6.45) is 1.27. The molecule has 1 N–H and O–H groups in total. The van der Waals surface area contributed by atoms with Gasteiger partial charge < -0.3 is 5.32 Å². The Hall–Kier alpha value is -0.870. The third-order valence-corrected chi connectivity index (χ3v) is 4.42. The van der Waals surface area contributed by atoms with Crippen molar-refractivity contribution < 1.29 is 0 Å². The first-order valence-corrected chi connectivity index (χ1v) is 7.35. The largest absolute Gasteiger partial charge is 0.314 e. The molecule has 2 unspecified atom stereocenters. The molecule has 1 saturated heterocycles. The molecule has 1 aromatic heterocycles. The zero-order valence-electron chi connectivity index (χ0n) is 13.2. The van der Waals surface area contributed by atoms with E-state index in [0.717, 1.165) is 6.54 Å². The summed E-state index contributed by atoms with van der Waals surface area (Å²) in [4.78, 5) is 2.49. The minimum Gasteiger partial charge on any atom is -0.314 e. The van der Waals surface area contributed by atoms with Crippen LogP contribution in [0.2, 0.25) is 0 Å². The molecule has 1 fully saturated rings. The Labute approximate surface area is 117 Å². The van der Waals surface area contributed by atoms with E-state index < -0.39 is 0 Å². The quantitative estimate of drug-likeness (QED) is 0.903. The van der Waals surface area contributed by atoms with Gasteiger partial charge in [-0.05, 0) is 39.8 Å². The molecule has 1 aliphatic rings. The summed E-state index contributed by atoms with van der Waals surface area (Å²) in [6.45, 7) is 11.0. The van der Waals surface area contributed by atoms with Gasteiger partial charge in [-0.15, -0.1) is 0 Å². The van der Waals surface area contributed by atoms with Crippen LogP contribution in [0.4, 0.5) is 0 Å². The van der Waals surface area contributed by atoms with Crippen molar-refractivity contribution in [1.82, 2.24) is 20.0 Å². The molecule has 4 heteroatoms. The molecule has 0 saturated carbocycles. The Morgan fingerprint density at radius 1 is 1.32 bits per heavy atom. The number of hydrogen-bond acceptors (Lipinski definition) is 3. The maximum Gasteiger partial charge on any atom is 0.0644 e. The third kappa shape index (κ3) is 2.84. The Morgan fingerprint density at radius 2 is 2.00 bits per heavy atom. The molecular weight excluding hydrogens is 236 g/mol. The summed E-state index contributed by atoms with van der Waals surface area (Å²) in [6, 6.07) is 1.07. The number of likely N-dealkylation sites (tertiary alicyclic amines) is 1. The number of aromatic nitrogens is 2. The highest BCUT2D eigenvalue weighted by atomic mass is 15.3. The SMILES string of the molecule is Cc1nn(C)c(C)c1C1C(CNC(C)C)CCN1C. The minimum absolute atomic E-state index is 0.514. The van der Waals surface area contributed by atoms with Crippen molar-refractivity contribution in [2.75, 3.05) is 20.1 Å². The van der Waals surface area contributed by atoms with Crippen LogP contribution in [0.1, 0.15) is 43.3 Å². The van der Waals surface area contributed by atoms with E-state index in [1.807, 2.05) is 11.7 Å². The van der Waals surface area contributed by atoms with Gasteiger partial charge in [0.1, 0.15) is 0 Å². The molecule has 2 atom stereocenters. The van der Waals surface area contributed by atoms with Gasteiger partial charge in [-0.3, -0.25) is 9.58 Å². The first-order valence-electron chi connectivity index (χ1n) is 7.35. The normalized spacial score (nSPS) is 24.6. The second-order valence-electron chi connectivity index (χ2n) is 6.25. The standard InChI is InChI=1S/C15H28N4/c1-10(2)16-9-13-7-8-18(5)15(13)14-11(3)17-19(6)12(14)4/h10,13,15-16H,7-9H2,1-6H3.